The van der Waals surface area contributed by atoms with Gasteiger partial charge in [0.05, 0.1) is 10.4 Å². The second kappa shape index (κ2) is 7.20. The lowest BCUT2D eigenvalue weighted by molar-refractivity contribution is -0.129. The summed E-state index contributed by atoms with van der Waals surface area (Å²) in [5.74, 6) is 0.0192. The van der Waals surface area contributed by atoms with Gasteiger partial charge in [0, 0.05) is 19.0 Å². The van der Waals surface area contributed by atoms with E-state index in [4.69, 9.17) is 18.0 Å². The highest BCUT2D eigenvalue weighted by Gasteiger charge is 2.42. The molecule has 0 aromatic heterocycles. The van der Waals surface area contributed by atoms with Crippen molar-refractivity contribution >= 4 is 29.0 Å². The van der Waals surface area contributed by atoms with Crippen LogP contribution in [-0.4, -0.2) is 29.4 Å². The summed E-state index contributed by atoms with van der Waals surface area (Å²) in [7, 11) is 0. The lowest BCUT2D eigenvalue weighted by Crippen LogP contribution is -2.50. The van der Waals surface area contributed by atoms with Crippen molar-refractivity contribution in [2.75, 3.05) is 6.54 Å². The molecular weight excluding hydrogens is 286 g/mol. The van der Waals surface area contributed by atoms with Crippen molar-refractivity contribution in [3.63, 3.8) is 0 Å². The van der Waals surface area contributed by atoms with Gasteiger partial charge in [-0.25, -0.2) is 0 Å². The lowest BCUT2D eigenvalue weighted by atomic mass is 9.73. The highest BCUT2D eigenvalue weighted by molar-refractivity contribution is 7.80. The molecule has 6 heteroatoms. The van der Waals surface area contributed by atoms with Crippen molar-refractivity contribution in [2.24, 2.45) is 11.1 Å². The molecule has 0 aromatic rings. The van der Waals surface area contributed by atoms with Crippen LogP contribution in [0.25, 0.3) is 0 Å². The van der Waals surface area contributed by atoms with Gasteiger partial charge in [0.15, 0.2) is 0 Å². The zero-order valence-electron chi connectivity index (χ0n) is 12.5. The van der Waals surface area contributed by atoms with E-state index >= 15 is 0 Å². The van der Waals surface area contributed by atoms with Crippen LogP contribution < -0.4 is 16.4 Å². The second-order valence-electron chi connectivity index (χ2n) is 6.21. The molecule has 0 heterocycles. The van der Waals surface area contributed by atoms with Gasteiger partial charge in [0.25, 0.3) is 0 Å². The lowest BCUT2D eigenvalue weighted by Gasteiger charge is -2.34. The molecule has 0 bridgehead atoms. The molecule has 0 aromatic carbocycles. The van der Waals surface area contributed by atoms with Crippen LogP contribution in [0.3, 0.4) is 0 Å². The topological polar surface area (TPSA) is 84.2 Å². The Balaban J connectivity index is 1.71. The van der Waals surface area contributed by atoms with Crippen molar-refractivity contribution in [3.05, 3.63) is 0 Å². The summed E-state index contributed by atoms with van der Waals surface area (Å²) in [4.78, 5) is 24.3. The van der Waals surface area contributed by atoms with Crippen LogP contribution in [0.4, 0.5) is 0 Å². The number of thiocarbonyl (C=S) groups is 1. The average molecular weight is 311 g/mol. The Morgan fingerprint density at radius 1 is 1.19 bits per heavy atom. The van der Waals surface area contributed by atoms with Crippen LogP contribution in [0, 0.1) is 5.41 Å². The van der Waals surface area contributed by atoms with Crippen LogP contribution in [0.1, 0.15) is 57.8 Å². The van der Waals surface area contributed by atoms with Crippen molar-refractivity contribution < 1.29 is 9.59 Å². The van der Waals surface area contributed by atoms with Gasteiger partial charge in [0.2, 0.25) is 11.8 Å². The number of carbonyl (C=O) groups excluding carboxylic acids is 2. The van der Waals surface area contributed by atoms with Gasteiger partial charge < -0.3 is 16.4 Å². The first kappa shape index (κ1) is 16.2. The van der Waals surface area contributed by atoms with E-state index in [1.54, 1.807) is 0 Å². The Kier molecular flexibility index (Phi) is 5.56. The molecule has 0 unspecified atom stereocenters. The number of hydrogen-bond acceptors (Lipinski definition) is 3. The highest BCUT2D eigenvalue weighted by Crippen LogP contribution is 2.36. The van der Waals surface area contributed by atoms with Crippen LogP contribution in [0.2, 0.25) is 0 Å². The Morgan fingerprint density at radius 3 is 2.43 bits per heavy atom. The maximum Gasteiger partial charge on any atom is 0.233 e. The zero-order chi connectivity index (χ0) is 15.3. The number of carbonyl (C=O) groups is 2. The number of nitrogens with two attached hydrogens (primary N) is 1. The Labute approximate surface area is 131 Å². The fraction of sp³-hybridized carbons (Fsp3) is 0.800. The molecule has 0 aliphatic heterocycles. The second-order valence-corrected chi connectivity index (χ2v) is 6.65. The summed E-state index contributed by atoms with van der Waals surface area (Å²) in [6.07, 6.45) is 7.92. The molecule has 2 amide bonds. The van der Waals surface area contributed by atoms with Gasteiger partial charge in [-0.15, -0.1) is 0 Å². The van der Waals surface area contributed by atoms with Crippen molar-refractivity contribution in [1.82, 2.24) is 10.6 Å². The summed E-state index contributed by atoms with van der Waals surface area (Å²) >= 11 is 5.13. The summed E-state index contributed by atoms with van der Waals surface area (Å²) in [5.41, 5.74) is 5.16. The minimum Gasteiger partial charge on any atom is -0.392 e. The quantitative estimate of drug-likeness (QED) is 0.490. The van der Waals surface area contributed by atoms with E-state index in [0.29, 0.717) is 30.4 Å². The van der Waals surface area contributed by atoms with E-state index in [1.807, 2.05) is 0 Å². The smallest absolute Gasteiger partial charge is 0.233 e. The molecule has 2 aliphatic rings. The minimum atomic E-state index is -0.663. The van der Waals surface area contributed by atoms with Crippen molar-refractivity contribution in [1.29, 1.82) is 0 Å². The van der Waals surface area contributed by atoms with Crippen LogP contribution >= 0.6 is 12.2 Å². The number of rotatable bonds is 7. The van der Waals surface area contributed by atoms with Gasteiger partial charge >= 0.3 is 0 Å². The molecule has 118 valence electrons. The predicted molar refractivity (Wildman–Crippen MR) is 85.7 cm³/mol. The van der Waals surface area contributed by atoms with E-state index in [2.05, 4.69) is 10.6 Å². The molecule has 21 heavy (non-hydrogen) atoms. The normalized spacial score (nSPS) is 20.6. The van der Waals surface area contributed by atoms with Gasteiger partial charge in [-0.2, -0.15) is 0 Å². The Bertz CT molecular complexity index is 415. The van der Waals surface area contributed by atoms with Gasteiger partial charge in [0.1, 0.15) is 0 Å². The molecule has 0 spiro atoms. The molecule has 4 N–H and O–H groups in total. The van der Waals surface area contributed by atoms with Crippen LogP contribution in [-0.2, 0) is 9.59 Å². The molecule has 2 fully saturated rings. The first-order valence-electron chi connectivity index (χ1n) is 7.92. The van der Waals surface area contributed by atoms with Crippen LogP contribution in [0.5, 0.6) is 0 Å². The third kappa shape index (κ3) is 4.40. The Morgan fingerprint density at radius 2 is 1.86 bits per heavy atom. The average Bonchev–Trinajstić information content (AvgIpc) is 3.27. The largest absolute Gasteiger partial charge is 0.392 e. The van der Waals surface area contributed by atoms with Crippen LogP contribution in [0.15, 0.2) is 0 Å². The molecule has 2 rings (SSSR count). The van der Waals surface area contributed by atoms with Crippen molar-refractivity contribution in [2.45, 2.75) is 63.8 Å². The summed E-state index contributed by atoms with van der Waals surface area (Å²) in [6, 6.07) is 0.396. The maximum absolute atomic E-state index is 12.4. The molecule has 2 saturated carbocycles. The third-order valence-corrected chi connectivity index (χ3v) is 4.81. The summed E-state index contributed by atoms with van der Waals surface area (Å²) in [6.45, 7) is 0.501. The monoisotopic (exact) mass is 311 g/mol. The first-order valence-corrected chi connectivity index (χ1v) is 8.33. The predicted octanol–water partition coefficient (Wildman–Crippen LogP) is 1.40. The fourth-order valence-electron chi connectivity index (χ4n) is 2.89. The van der Waals surface area contributed by atoms with Gasteiger partial charge in [-0.3, -0.25) is 9.59 Å². The zero-order valence-corrected chi connectivity index (χ0v) is 13.3. The van der Waals surface area contributed by atoms with E-state index in [0.717, 1.165) is 44.9 Å². The van der Waals surface area contributed by atoms with Gasteiger partial charge in [-0.1, -0.05) is 31.5 Å². The number of amides is 2. The van der Waals surface area contributed by atoms with Gasteiger partial charge in [-0.05, 0) is 32.1 Å². The van der Waals surface area contributed by atoms with E-state index in [-0.39, 0.29) is 11.8 Å². The molecule has 0 saturated heterocycles. The summed E-state index contributed by atoms with van der Waals surface area (Å²) < 4.78 is 0. The van der Waals surface area contributed by atoms with E-state index in [1.165, 1.54) is 0 Å². The van der Waals surface area contributed by atoms with E-state index < -0.39 is 5.41 Å². The standard InChI is InChI=1S/C15H25N3O2S/c16-13(21)15(8-2-1-3-9-15)14(20)17-10-4-5-12(19)18-11-6-7-11/h11H,1-10H2,(H2,16,21)(H,17,20)(H,18,19). The third-order valence-electron chi connectivity index (χ3n) is 4.42. The molecule has 0 atom stereocenters. The molecule has 2 aliphatic carbocycles. The minimum absolute atomic E-state index is 0.0581. The molecule has 0 radical (unpaired) electrons. The van der Waals surface area contributed by atoms with Crippen molar-refractivity contribution in [3.8, 4) is 0 Å². The Hall–Kier alpha value is -1.17. The maximum atomic E-state index is 12.4. The van der Waals surface area contributed by atoms with E-state index in [9.17, 15) is 9.59 Å². The number of hydrogen-bond donors (Lipinski definition) is 3. The number of nitrogens with one attached hydrogen (secondary N) is 2. The highest BCUT2D eigenvalue weighted by atomic mass is 32.1. The molecule has 5 nitrogen and oxygen atoms in total. The first-order chi connectivity index (χ1) is 10.0. The summed E-state index contributed by atoms with van der Waals surface area (Å²) in [5, 5.41) is 5.85. The fourth-order valence-corrected chi connectivity index (χ4v) is 3.19. The SMILES string of the molecule is NC(=S)C1(C(=O)NCCCC(=O)NC2CC2)CCCCC1. The molecular formula is C15H25N3O2S.